The highest BCUT2D eigenvalue weighted by molar-refractivity contribution is 7.89. The van der Waals surface area contributed by atoms with Crippen molar-refractivity contribution in [3.05, 3.63) is 59.7 Å². The van der Waals surface area contributed by atoms with Crippen LogP contribution in [0.4, 0.5) is 17.6 Å². The quantitative estimate of drug-likeness (QED) is 0.499. The number of pyridine rings is 1. The van der Waals surface area contributed by atoms with Crippen LogP contribution in [0.1, 0.15) is 18.2 Å². The number of hydrogen-bond acceptors (Lipinski definition) is 7. The molecule has 0 aliphatic rings. The molecule has 0 aliphatic carbocycles. The van der Waals surface area contributed by atoms with Crippen molar-refractivity contribution in [2.45, 2.75) is 25.4 Å². The molecule has 3 N–H and O–H groups in total. The van der Waals surface area contributed by atoms with Gasteiger partial charge in [-0.1, -0.05) is 11.3 Å². The molecule has 0 unspecified atom stereocenters. The number of benzene rings is 1. The van der Waals surface area contributed by atoms with Crippen molar-refractivity contribution in [3.8, 4) is 17.1 Å². The second-order valence-corrected chi connectivity index (χ2v) is 8.71. The van der Waals surface area contributed by atoms with E-state index in [4.69, 9.17) is 5.14 Å². The Bertz CT molecular complexity index is 1230. The Labute approximate surface area is 179 Å². The van der Waals surface area contributed by atoms with Crippen molar-refractivity contribution >= 4 is 10.0 Å². The fourth-order valence-electron chi connectivity index (χ4n) is 2.88. The summed E-state index contributed by atoms with van der Waals surface area (Å²) in [5, 5.41) is 23.1. The first kappa shape index (κ1) is 23.6. The van der Waals surface area contributed by atoms with Gasteiger partial charge >= 0.3 is 6.36 Å². The second kappa shape index (κ2) is 8.44. The van der Waals surface area contributed by atoms with Crippen LogP contribution >= 0.6 is 0 Å². The molecule has 1 aromatic carbocycles. The van der Waals surface area contributed by atoms with Gasteiger partial charge in [0.05, 0.1) is 29.9 Å². The molecular weight excluding hydrogens is 458 g/mol. The van der Waals surface area contributed by atoms with E-state index in [0.29, 0.717) is 0 Å². The maximum atomic E-state index is 14.0. The Morgan fingerprint density at radius 3 is 2.56 bits per heavy atom. The lowest BCUT2D eigenvalue weighted by Gasteiger charge is -2.21. The lowest BCUT2D eigenvalue weighted by atomic mass is 10.0. The number of alkyl halides is 3. The molecule has 0 amide bonds. The third kappa shape index (κ3) is 6.21. The van der Waals surface area contributed by atoms with E-state index >= 15 is 0 Å². The predicted molar refractivity (Wildman–Crippen MR) is 103 cm³/mol. The number of sulfonamides is 1. The Morgan fingerprint density at radius 2 is 1.91 bits per heavy atom. The summed E-state index contributed by atoms with van der Waals surface area (Å²) in [7, 11) is -4.00. The molecule has 172 valence electrons. The van der Waals surface area contributed by atoms with E-state index in [-0.39, 0.29) is 29.2 Å². The minimum Gasteiger partial charge on any atom is -0.406 e. The van der Waals surface area contributed by atoms with Gasteiger partial charge in [0, 0.05) is 5.56 Å². The van der Waals surface area contributed by atoms with Crippen LogP contribution in [0.3, 0.4) is 0 Å². The zero-order chi connectivity index (χ0) is 23.7. The fourth-order valence-corrected chi connectivity index (χ4v) is 3.81. The molecule has 0 fully saturated rings. The molecule has 0 saturated carbocycles. The van der Waals surface area contributed by atoms with E-state index in [9.17, 15) is 31.1 Å². The summed E-state index contributed by atoms with van der Waals surface area (Å²) in [6, 6.07) is 7.01. The van der Waals surface area contributed by atoms with E-state index in [0.717, 1.165) is 18.2 Å². The summed E-state index contributed by atoms with van der Waals surface area (Å²) in [5.41, 5.74) is -1.57. The number of primary sulfonamides is 1. The van der Waals surface area contributed by atoms with Crippen LogP contribution in [-0.4, -0.2) is 45.6 Å². The molecule has 3 rings (SSSR count). The normalized spacial score (nSPS) is 14.2. The molecule has 0 radical (unpaired) electrons. The fraction of sp³-hybridized carbons (Fsp3) is 0.278. The maximum Gasteiger partial charge on any atom is 0.573 e. The zero-order valence-electron chi connectivity index (χ0n) is 16.4. The molecule has 3 aromatic rings. The van der Waals surface area contributed by atoms with Crippen LogP contribution in [0.2, 0.25) is 0 Å². The highest BCUT2D eigenvalue weighted by Gasteiger charge is 2.32. The first-order valence-electron chi connectivity index (χ1n) is 8.87. The molecular formula is C18H17F4N5O4S. The number of ether oxygens (including phenoxy) is 1. The summed E-state index contributed by atoms with van der Waals surface area (Å²) < 4.78 is 78.9. The average Bonchev–Trinajstić information content (AvgIpc) is 3.10. The lowest BCUT2D eigenvalue weighted by molar-refractivity contribution is -0.274. The molecule has 14 heteroatoms. The maximum absolute atomic E-state index is 14.0. The number of nitrogens with two attached hydrogens (primary N) is 1. The molecule has 2 aromatic heterocycles. The molecule has 0 spiro atoms. The lowest BCUT2D eigenvalue weighted by Crippen LogP contribution is -2.35. The van der Waals surface area contributed by atoms with E-state index in [1.165, 1.54) is 36.0 Å². The Balaban J connectivity index is 1.84. The molecule has 2 heterocycles. The number of aliphatic hydroxyl groups is 1. The van der Waals surface area contributed by atoms with E-state index < -0.39 is 39.3 Å². The minimum absolute atomic E-state index is 0.0154. The monoisotopic (exact) mass is 475 g/mol. The van der Waals surface area contributed by atoms with E-state index in [1.54, 1.807) is 0 Å². The molecule has 0 aliphatic heterocycles. The highest BCUT2D eigenvalue weighted by atomic mass is 32.2. The summed E-state index contributed by atoms with van der Waals surface area (Å²) in [6.45, 7) is 0.982. The number of nitrogens with zero attached hydrogens (tertiary/aromatic N) is 4. The summed E-state index contributed by atoms with van der Waals surface area (Å²) >= 11 is 0. The van der Waals surface area contributed by atoms with Gasteiger partial charge in [0.2, 0.25) is 10.0 Å². The third-order valence-electron chi connectivity index (χ3n) is 4.17. The Kier molecular flexibility index (Phi) is 6.22. The van der Waals surface area contributed by atoms with Gasteiger partial charge in [0.25, 0.3) is 0 Å². The van der Waals surface area contributed by atoms with Gasteiger partial charge in [-0.15, -0.1) is 18.3 Å². The van der Waals surface area contributed by atoms with E-state index in [2.05, 4.69) is 20.0 Å². The number of hydrogen-bond donors (Lipinski definition) is 2. The number of rotatable bonds is 7. The van der Waals surface area contributed by atoms with Gasteiger partial charge < -0.3 is 9.84 Å². The van der Waals surface area contributed by atoms with Crippen molar-refractivity contribution in [2.75, 3.05) is 5.75 Å². The van der Waals surface area contributed by atoms with Gasteiger partial charge in [0.1, 0.15) is 22.9 Å². The highest BCUT2D eigenvalue weighted by Crippen LogP contribution is 2.26. The van der Waals surface area contributed by atoms with Crippen LogP contribution in [0.5, 0.6) is 5.75 Å². The van der Waals surface area contributed by atoms with Crippen molar-refractivity contribution in [3.63, 3.8) is 0 Å². The molecule has 0 saturated heterocycles. The van der Waals surface area contributed by atoms with Gasteiger partial charge in [-0.25, -0.2) is 27.6 Å². The summed E-state index contributed by atoms with van der Waals surface area (Å²) in [6.07, 6.45) is -3.56. The van der Waals surface area contributed by atoms with Crippen molar-refractivity contribution in [1.82, 2.24) is 20.0 Å². The molecule has 32 heavy (non-hydrogen) atoms. The molecule has 0 bridgehead atoms. The first-order valence-corrected chi connectivity index (χ1v) is 10.6. The number of aromatic nitrogens is 4. The van der Waals surface area contributed by atoms with Gasteiger partial charge in [0.15, 0.2) is 0 Å². The van der Waals surface area contributed by atoms with Gasteiger partial charge in [-0.3, -0.25) is 0 Å². The zero-order valence-corrected chi connectivity index (χ0v) is 17.2. The van der Waals surface area contributed by atoms with Crippen LogP contribution in [0.25, 0.3) is 11.4 Å². The van der Waals surface area contributed by atoms with Crippen LogP contribution in [0.15, 0.2) is 42.6 Å². The number of halogens is 4. The predicted octanol–water partition coefficient (Wildman–Crippen LogP) is 1.92. The summed E-state index contributed by atoms with van der Waals surface area (Å²) in [4.78, 5) is 4.19. The topological polar surface area (TPSA) is 133 Å². The molecule has 1 atom stereocenters. The summed E-state index contributed by atoms with van der Waals surface area (Å²) in [5.74, 6) is -2.12. The molecule has 9 nitrogen and oxygen atoms in total. The largest absolute Gasteiger partial charge is 0.573 e. The van der Waals surface area contributed by atoms with E-state index in [1.807, 2.05) is 0 Å². The smallest absolute Gasteiger partial charge is 0.406 e. The van der Waals surface area contributed by atoms with Crippen LogP contribution < -0.4 is 9.88 Å². The standard InChI is InChI=1S/C18H17F4N5O4S/c1-17(28,10-32(23,29)30)16-4-2-3-14(24-16)15-9-27(26-25-15)8-11-7-12(5-6-13(11)19)31-18(20,21)22/h2-7,9,28H,8,10H2,1H3,(H2,23,29,30)/t17-/m1/s1. The minimum atomic E-state index is -4.92. The van der Waals surface area contributed by atoms with Gasteiger partial charge in [-0.05, 0) is 37.3 Å². The second-order valence-electron chi connectivity index (χ2n) is 7.09. The Hall–Kier alpha value is -3.10. The SMILES string of the molecule is C[C@@](O)(CS(N)(=O)=O)c1cccc(-c2cn(Cc3cc(OC(F)(F)F)ccc3F)nn2)n1. The van der Waals surface area contributed by atoms with Crippen molar-refractivity contribution in [1.29, 1.82) is 0 Å². The van der Waals surface area contributed by atoms with Crippen molar-refractivity contribution < 1.29 is 35.8 Å². The van der Waals surface area contributed by atoms with Gasteiger partial charge in [-0.2, -0.15) is 0 Å². The average molecular weight is 475 g/mol. The Morgan fingerprint density at radius 1 is 1.19 bits per heavy atom. The first-order chi connectivity index (χ1) is 14.7. The van der Waals surface area contributed by atoms with Crippen LogP contribution in [0, 0.1) is 5.82 Å². The third-order valence-corrected chi connectivity index (χ3v) is 5.13. The van der Waals surface area contributed by atoms with Crippen LogP contribution in [-0.2, 0) is 22.2 Å². The van der Waals surface area contributed by atoms with Crippen molar-refractivity contribution in [2.24, 2.45) is 5.14 Å².